The fourth-order valence-electron chi connectivity index (χ4n) is 2.40. The molecule has 0 bridgehead atoms. The first kappa shape index (κ1) is 20.3. The van der Waals surface area contributed by atoms with Gasteiger partial charge in [0.15, 0.2) is 0 Å². The van der Waals surface area contributed by atoms with Gasteiger partial charge in [-0.05, 0) is 0 Å². The maximum absolute atomic E-state index is 13.9. The van der Waals surface area contributed by atoms with Gasteiger partial charge >= 0.3 is 132 Å². The first-order chi connectivity index (χ1) is 9.93. The van der Waals surface area contributed by atoms with Gasteiger partial charge in [-0.25, -0.2) is 0 Å². The Morgan fingerprint density at radius 1 is 0.739 bits per heavy atom. The van der Waals surface area contributed by atoms with E-state index in [1.165, 1.54) is 6.08 Å². The average Bonchev–Trinajstić information content (AvgIpc) is 2.81. The van der Waals surface area contributed by atoms with Crippen molar-refractivity contribution in [2.24, 2.45) is 0 Å². The standard InChI is InChI=1S/C15H6F5.2ClH.Hf/c16-11-10(12(17)14(19)15(20)13(11)18)9-5-7-3-1-2-4-8(7)6-9;;;/h1-6H;2*1H;. The van der Waals surface area contributed by atoms with Crippen molar-refractivity contribution in [1.29, 1.82) is 0 Å². The topological polar surface area (TPSA) is 0 Å². The van der Waals surface area contributed by atoms with Crippen LogP contribution in [0.1, 0.15) is 20.4 Å². The summed E-state index contributed by atoms with van der Waals surface area (Å²) >= 11 is 0.497. The Labute approximate surface area is 156 Å². The van der Waals surface area contributed by atoms with E-state index in [4.69, 9.17) is 0 Å². The van der Waals surface area contributed by atoms with E-state index in [-0.39, 0.29) is 34.1 Å². The molecule has 1 atom stereocenters. The minimum atomic E-state index is -2.13. The van der Waals surface area contributed by atoms with Crippen LogP contribution in [-0.2, 0) is 24.4 Å². The van der Waals surface area contributed by atoms with Crippen LogP contribution in [0.15, 0.2) is 24.3 Å². The normalized spacial score (nSPS) is 15.3. The molecule has 23 heavy (non-hydrogen) atoms. The van der Waals surface area contributed by atoms with Crippen LogP contribution in [0, 0.1) is 29.1 Å². The van der Waals surface area contributed by atoms with E-state index in [0.29, 0.717) is 24.4 Å². The molecule has 0 heterocycles. The van der Waals surface area contributed by atoms with Crippen molar-refractivity contribution < 1.29 is 46.3 Å². The minimum absolute atomic E-state index is 0. The maximum atomic E-state index is 13.9. The first-order valence-electron chi connectivity index (χ1n) is 5.97. The number of halogens is 7. The van der Waals surface area contributed by atoms with E-state index >= 15 is 0 Å². The van der Waals surface area contributed by atoms with Crippen LogP contribution >= 0.6 is 24.8 Å². The Morgan fingerprint density at radius 3 is 1.74 bits per heavy atom. The Kier molecular flexibility index (Phi) is 6.58. The van der Waals surface area contributed by atoms with E-state index in [1.54, 1.807) is 24.3 Å². The zero-order chi connectivity index (χ0) is 15.3. The van der Waals surface area contributed by atoms with Crippen molar-refractivity contribution >= 4 is 36.5 Å². The SMILES string of the molecule is Cl.Cl.Fc1c(F)c(F)c(C2=Cc3ccccc3[CH]2[Hf])c(F)c1F. The molecule has 0 saturated carbocycles. The number of allylic oxidation sites excluding steroid dienone is 1. The van der Waals surface area contributed by atoms with Crippen molar-refractivity contribution in [2.75, 3.05) is 0 Å². The summed E-state index contributed by atoms with van der Waals surface area (Å²) in [4.78, 5) is 0. The van der Waals surface area contributed by atoms with E-state index in [0.717, 1.165) is 11.1 Å². The second-order valence-electron chi connectivity index (χ2n) is 4.61. The second kappa shape index (κ2) is 7.45. The van der Waals surface area contributed by atoms with Gasteiger partial charge in [0.1, 0.15) is 0 Å². The second-order valence-corrected chi connectivity index (χ2v) is 6.68. The molecule has 0 fully saturated rings. The van der Waals surface area contributed by atoms with Crippen molar-refractivity contribution in [3.05, 3.63) is 70.0 Å². The quantitative estimate of drug-likeness (QED) is 0.201. The molecule has 0 aliphatic heterocycles. The number of rotatable bonds is 1. The number of benzene rings is 2. The van der Waals surface area contributed by atoms with Crippen LogP contribution in [0.5, 0.6) is 0 Å². The molecule has 2 aromatic rings. The van der Waals surface area contributed by atoms with Gasteiger partial charge in [0.25, 0.3) is 0 Å². The molecule has 2 aromatic carbocycles. The van der Waals surface area contributed by atoms with Gasteiger partial charge in [-0.3, -0.25) is 0 Å². The molecule has 0 nitrogen and oxygen atoms in total. The Balaban J connectivity index is 0.00000132. The van der Waals surface area contributed by atoms with Gasteiger partial charge < -0.3 is 0 Å². The first-order valence-corrected chi connectivity index (χ1v) is 8.04. The zero-order valence-electron chi connectivity index (χ0n) is 11.2. The molecule has 0 radical (unpaired) electrons. The summed E-state index contributed by atoms with van der Waals surface area (Å²) in [6.45, 7) is 0. The molecule has 1 unspecified atom stereocenters. The zero-order valence-corrected chi connectivity index (χ0v) is 16.4. The van der Waals surface area contributed by atoms with Crippen LogP contribution in [-0.4, -0.2) is 0 Å². The van der Waals surface area contributed by atoms with E-state index in [2.05, 4.69) is 0 Å². The molecule has 0 saturated heterocycles. The molecule has 121 valence electrons. The monoisotopic (exact) mass is 533 g/mol. The molecular weight excluding hydrogens is 525 g/mol. The van der Waals surface area contributed by atoms with Crippen LogP contribution in [0.2, 0.25) is 0 Å². The predicted octanol–water partition coefficient (Wildman–Crippen LogP) is 5.37. The van der Waals surface area contributed by atoms with Gasteiger partial charge in [-0.1, -0.05) is 0 Å². The summed E-state index contributed by atoms with van der Waals surface area (Å²) in [5.74, 6) is -9.49. The molecule has 8 heteroatoms. The third-order valence-corrected chi connectivity index (χ3v) is 5.66. The molecule has 0 amide bonds. The van der Waals surface area contributed by atoms with Crippen LogP contribution in [0.25, 0.3) is 11.6 Å². The molecule has 0 spiro atoms. The van der Waals surface area contributed by atoms with Crippen molar-refractivity contribution in [3.8, 4) is 0 Å². The molecule has 0 aromatic heterocycles. The predicted molar refractivity (Wildman–Crippen MR) is 77.8 cm³/mol. The summed E-state index contributed by atoms with van der Waals surface area (Å²) in [7, 11) is 0. The fourth-order valence-corrected chi connectivity index (χ4v) is 4.16. The summed E-state index contributed by atoms with van der Waals surface area (Å²) in [5, 5.41) is 0. The van der Waals surface area contributed by atoms with Gasteiger partial charge in [0, 0.05) is 0 Å². The Bertz CT molecular complexity index is 763. The van der Waals surface area contributed by atoms with Crippen molar-refractivity contribution in [2.45, 2.75) is 3.67 Å². The van der Waals surface area contributed by atoms with Gasteiger partial charge in [-0.15, -0.1) is 24.8 Å². The molecular formula is C15H8Cl2F5Hf. The van der Waals surface area contributed by atoms with Crippen molar-refractivity contribution in [3.63, 3.8) is 0 Å². The van der Waals surface area contributed by atoms with Gasteiger partial charge in [0.2, 0.25) is 0 Å². The average molecular weight is 533 g/mol. The number of hydrogen-bond donors (Lipinski definition) is 0. The van der Waals surface area contributed by atoms with Crippen LogP contribution in [0.3, 0.4) is 0 Å². The van der Waals surface area contributed by atoms with Gasteiger partial charge in [-0.2, -0.15) is 0 Å². The summed E-state index contributed by atoms with van der Waals surface area (Å²) < 4.78 is 67.3. The molecule has 3 rings (SSSR count). The van der Waals surface area contributed by atoms with Gasteiger partial charge in [0.05, 0.1) is 0 Å². The summed E-state index contributed by atoms with van der Waals surface area (Å²) in [6.07, 6.45) is 1.49. The third kappa shape index (κ3) is 3.13. The molecule has 0 N–H and O–H groups in total. The third-order valence-electron chi connectivity index (χ3n) is 3.43. The van der Waals surface area contributed by atoms with E-state index in [1.807, 2.05) is 0 Å². The molecule has 1 aliphatic rings. The fraction of sp³-hybridized carbons (Fsp3) is 0.0667. The van der Waals surface area contributed by atoms with Crippen LogP contribution < -0.4 is 0 Å². The molecule has 1 aliphatic carbocycles. The Hall–Kier alpha value is -0.720. The van der Waals surface area contributed by atoms with E-state index in [9.17, 15) is 22.0 Å². The summed E-state index contributed by atoms with van der Waals surface area (Å²) in [5.41, 5.74) is 0.929. The van der Waals surface area contributed by atoms with Crippen molar-refractivity contribution in [1.82, 2.24) is 0 Å². The van der Waals surface area contributed by atoms with Crippen LogP contribution in [0.4, 0.5) is 22.0 Å². The Morgan fingerprint density at radius 2 is 1.22 bits per heavy atom. The summed E-state index contributed by atoms with van der Waals surface area (Å²) in [6, 6.07) is 7.08. The number of fused-ring (bicyclic) bond motifs is 1. The van der Waals surface area contributed by atoms with E-state index < -0.39 is 34.6 Å². The number of hydrogen-bond acceptors (Lipinski definition) is 0.